The minimum Gasteiger partial charge on any atom is -0.507 e. The molecule has 3 heterocycles. The van der Waals surface area contributed by atoms with Crippen molar-refractivity contribution in [1.82, 2.24) is 0 Å². The zero-order valence-corrected chi connectivity index (χ0v) is 15.4. The Hall–Kier alpha value is -3.80. The maximum atomic E-state index is 13.0. The van der Waals surface area contributed by atoms with Crippen molar-refractivity contribution in [3.8, 4) is 5.75 Å². The summed E-state index contributed by atoms with van der Waals surface area (Å²) in [6.45, 7) is 0.588. The summed E-state index contributed by atoms with van der Waals surface area (Å²) in [7, 11) is 0. The number of aliphatic hydroxyl groups is 1. The first-order valence-corrected chi connectivity index (χ1v) is 9.30. The molecule has 2 aromatic carbocycles. The Kier molecular flexibility index (Phi) is 3.98. The van der Waals surface area contributed by atoms with Crippen molar-refractivity contribution in [2.24, 2.45) is 0 Å². The van der Waals surface area contributed by atoms with Gasteiger partial charge in [-0.05, 0) is 48.0 Å². The smallest absolute Gasteiger partial charge is 0.300 e. The van der Waals surface area contributed by atoms with Gasteiger partial charge >= 0.3 is 0 Å². The summed E-state index contributed by atoms with van der Waals surface area (Å²) >= 11 is 0. The molecule has 0 saturated carbocycles. The fourth-order valence-corrected chi connectivity index (χ4v) is 3.89. The fraction of sp³-hybridized carbons (Fsp3) is 0.130. The van der Waals surface area contributed by atoms with Gasteiger partial charge < -0.3 is 14.3 Å². The molecule has 1 aromatic heterocycles. The minimum atomic E-state index is -0.850. The van der Waals surface area contributed by atoms with Crippen molar-refractivity contribution in [3.63, 3.8) is 0 Å². The van der Waals surface area contributed by atoms with Gasteiger partial charge in [0.25, 0.3) is 11.7 Å². The number of Topliss-reactive ketones (excluding diaryl/α,β-unsaturated/α-hetero) is 1. The standard InChI is InChI=1S/C23H17NO5/c25-21(15-8-9-17-14(13-15)10-12-29-17)19-20(18-7-4-11-28-18)24(23(27)22(19)26)16-5-2-1-3-6-16/h1-9,11,13,20,25H,10,12H2/b21-19-. The van der Waals surface area contributed by atoms with Crippen molar-refractivity contribution in [3.05, 3.63) is 89.4 Å². The molecule has 1 amide bonds. The largest absolute Gasteiger partial charge is 0.507 e. The van der Waals surface area contributed by atoms with E-state index in [4.69, 9.17) is 9.15 Å². The van der Waals surface area contributed by atoms with Gasteiger partial charge in [-0.2, -0.15) is 0 Å². The van der Waals surface area contributed by atoms with Gasteiger partial charge in [0.2, 0.25) is 0 Å². The number of carbonyl (C=O) groups excluding carboxylic acids is 2. The van der Waals surface area contributed by atoms with Crippen LogP contribution in [0.25, 0.3) is 5.76 Å². The normalized spacial score (nSPS) is 20.0. The van der Waals surface area contributed by atoms with Crippen LogP contribution in [-0.4, -0.2) is 23.4 Å². The van der Waals surface area contributed by atoms with E-state index in [1.807, 2.05) is 6.07 Å². The van der Waals surface area contributed by atoms with Crippen LogP contribution >= 0.6 is 0 Å². The van der Waals surface area contributed by atoms with E-state index < -0.39 is 17.7 Å². The summed E-state index contributed by atoms with van der Waals surface area (Å²) in [5.41, 5.74) is 1.99. The van der Waals surface area contributed by atoms with Crippen LogP contribution in [0.1, 0.15) is 22.9 Å². The quantitative estimate of drug-likeness (QED) is 0.420. The molecule has 3 aromatic rings. The van der Waals surface area contributed by atoms with Crippen LogP contribution < -0.4 is 9.64 Å². The summed E-state index contributed by atoms with van der Waals surface area (Å²) in [5.74, 6) is -0.501. The molecule has 29 heavy (non-hydrogen) atoms. The number of ketones is 1. The first-order chi connectivity index (χ1) is 14.1. The molecule has 1 unspecified atom stereocenters. The van der Waals surface area contributed by atoms with Crippen LogP contribution in [0.2, 0.25) is 0 Å². The molecule has 0 bridgehead atoms. The lowest BCUT2D eigenvalue weighted by molar-refractivity contribution is -0.132. The highest BCUT2D eigenvalue weighted by atomic mass is 16.5. The van der Waals surface area contributed by atoms with Crippen molar-refractivity contribution in [2.45, 2.75) is 12.5 Å². The van der Waals surface area contributed by atoms with E-state index in [2.05, 4.69) is 0 Å². The summed E-state index contributed by atoms with van der Waals surface area (Å²) < 4.78 is 11.1. The lowest BCUT2D eigenvalue weighted by Gasteiger charge is -2.23. The van der Waals surface area contributed by atoms with Gasteiger partial charge in [0.05, 0.1) is 18.4 Å². The van der Waals surface area contributed by atoms with E-state index in [0.717, 1.165) is 17.7 Å². The average molecular weight is 387 g/mol. The highest BCUT2D eigenvalue weighted by Gasteiger charge is 2.48. The molecule has 0 radical (unpaired) electrons. The SMILES string of the molecule is O=C1C(=O)N(c2ccccc2)C(c2ccco2)/C1=C(/O)c1ccc2c(c1)CCO2. The first-order valence-electron chi connectivity index (χ1n) is 9.30. The molecule has 1 atom stereocenters. The van der Waals surface area contributed by atoms with Gasteiger partial charge in [-0.3, -0.25) is 14.5 Å². The van der Waals surface area contributed by atoms with Gasteiger partial charge in [-0.1, -0.05) is 18.2 Å². The van der Waals surface area contributed by atoms with Crippen LogP contribution in [0.3, 0.4) is 0 Å². The molecular formula is C23H17NO5. The summed E-state index contributed by atoms with van der Waals surface area (Å²) in [4.78, 5) is 27.2. The molecule has 1 fully saturated rings. The Morgan fingerprint density at radius 1 is 1.03 bits per heavy atom. The molecular weight excluding hydrogens is 370 g/mol. The van der Waals surface area contributed by atoms with E-state index in [0.29, 0.717) is 23.6 Å². The van der Waals surface area contributed by atoms with Gasteiger partial charge in [-0.25, -0.2) is 0 Å². The lowest BCUT2D eigenvalue weighted by atomic mass is 9.98. The van der Waals surface area contributed by atoms with Crippen LogP contribution in [0.4, 0.5) is 5.69 Å². The van der Waals surface area contributed by atoms with E-state index >= 15 is 0 Å². The third kappa shape index (κ3) is 2.72. The highest BCUT2D eigenvalue weighted by Crippen LogP contribution is 2.42. The van der Waals surface area contributed by atoms with E-state index in [9.17, 15) is 14.7 Å². The zero-order chi connectivity index (χ0) is 20.0. The Morgan fingerprint density at radius 3 is 2.62 bits per heavy atom. The van der Waals surface area contributed by atoms with Crippen molar-refractivity contribution >= 4 is 23.1 Å². The number of furan rings is 1. The van der Waals surface area contributed by atoms with E-state index in [-0.39, 0.29) is 11.3 Å². The van der Waals surface area contributed by atoms with Crippen molar-refractivity contribution in [2.75, 3.05) is 11.5 Å². The Morgan fingerprint density at radius 2 is 1.86 bits per heavy atom. The summed E-state index contributed by atoms with van der Waals surface area (Å²) in [5, 5.41) is 11.1. The van der Waals surface area contributed by atoms with Gasteiger partial charge in [-0.15, -0.1) is 0 Å². The van der Waals surface area contributed by atoms with Gasteiger partial charge in [0, 0.05) is 17.7 Å². The monoisotopic (exact) mass is 387 g/mol. The first kappa shape index (κ1) is 17.3. The van der Waals surface area contributed by atoms with E-state index in [1.165, 1.54) is 11.2 Å². The van der Waals surface area contributed by atoms with Crippen LogP contribution in [0.5, 0.6) is 5.75 Å². The maximum absolute atomic E-state index is 13.0. The Balaban J connectivity index is 1.69. The third-order valence-electron chi connectivity index (χ3n) is 5.25. The lowest BCUT2D eigenvalue weighted by Crippen LogP contribution is -2.29. The highest BCUT2D eigenvalue weighted by molar-refractivity contribution is 6.51. The number of rotatable bonds is 3. The van der Waals surface area contributed by atoms with Crippen LogP contribution in [-0.2, 0) is 16.0 Å². The number of fused-ring (bicyclic) bond motifs is 1. The number of benzene rings is 2. The molecule has 6 nitrogen and oxygen atoms in total. The fourth-order valence-electron chi connectivity index (χ4n) is 3.89. The topological polar surface area (TPSA) is 80.0 Å². The molecule has 2 aliphatic rings. The molecule has 1 saturated heterocycles. The Bertz CT molecular complexity index is 1130. The molecule has 0 spiro atoms. The number of carbonyl (C=O) groups is 2. The van der Waals surface area contributed by atoms with Crippen molar-refractivity contribution in [1.29, 1.82) is 0 Å². The molecule has 5 rings (SSSR count). The maximum Gasteiger partial charge on any atom is 0.300 e. The second kappa shape index (κ2) is 6.67. The minimum absolute atomic E-state index is 0.00710. The molecule has 2 aliphatic heterocycles. The predicted molar refractivity (Wildman–Crippen MR) is 106 cm³/mol. The zero-order valence-electron chi connectivity index (χ0n) is 15.4. The van der Waals surface area contributed by atoms with Crippen LogP contribution in [0.15, 0.2) is 76.9 Å². The van der Waals surface area contributed by atoms with Gasteiger partial charge in [0.1, 0.15) is 23.3 Å². The molecule has 1 N–H and O–H groups in total. The second-order valence-electron chi connectivity index (χ2n) is 6.94. The molecule has 144 valence electrons. The summed E-state index contributed by atoms with van der Waals surface area (Å²) in [6.07, 6.45) is 2.21. The average Bonchev–Trinajstić information content (AvgIpc) is 3.48. The summed E-state index contributed by atoms with van der Waals surface area (Å²) in [6, 6.07) is 16.7. The number of aliphatic hydroxyl groups excluding tert-OH is 1. The predicted octanol–water partition coefficient (Wildman–Crippen LogP) is 3.84. The van der Waals surface area contributed by atoms with Gasteiger partial charge in [0.15, 0.2) is 0 Å². The number of hydrogen-bond donors (Lipinski definition) is 1. The number of nitrogens with zero attached hydrogens (tertiary/aromatic N) is 1. The van der Waals surface area contributed by atoms with E-state index in [1.54, 1.807) is 54.6 Å². The number of amides is 1. The van der Waals surface area contributed by atoms with Crippen molar-refractivity contribution < 1.29 is 23.8 Å². The van der Waals surface area contributed by atoms with Crippen LogP contribution in [0, 0.1) is 0 Å². The number of ether oxygens (including phenoxy) is 1. The molecule has 0 aliphatic carbocycles. The Labute approximate surface area is 166 Å². The number of para-hydroxylation sites is 1. The number of hydrogen-bond acceptors (Lipinski definition) is 5. The second-order valence-corrected chi connectivity index (χ2v) is 6.94. The third-order valence-corrected chi connectivity index (χ3v) is 5.25. The molecule has 6 heteroatoms. The number of anilines is 1.